The molecule has 0 heterocycles. The number of para-hydroxylation sites is 1. The van der Waals surface area contributed by atoms with Crippen LogP contribution in [0.25, 0.3) is 0 Å². The molecule has 20 heavy (non-hydrogen) atoms. The minimum absolute atomic E-state index is 0.295. The van der Waals surface area contributed by atoms with Crippen molar-refractivity contribution in [2.45, 2.75) is 23.5 Å². The van der Waals surface area contributed by atoms with Crippen LogP contribution in [-0.2, 0) is 4.79 Å². The third-order valence-electron chi connectivity index (χ3n) is 2.29. The first-order valence-electron chi connectivity index (χ1n) is 5.79. The van der Waals surface area contributed by atoms with Gasteiger partial charge in [0.25, 0.3) is 0 Å². The molecule has 0 spiro atoms. The van der Waals surface area contributed by atoms with Crippen molar-refractivity contribution in [2.24, 2.45) is 5.73 Å². The van der Waals surface area contributed by atoms with E-state index in [9.17, 15) is 18.0 Å². The van der Waals surface area contributed by atoms with Crippen LogP contribution in [0.2, 0.25) is 0 Å². The summed E-state index contributed by atoms with van der Waals surface area (Å²) in [7, 11) is 0. The van der Waals surface area contributed by atoms with Crippen molar-refractivity contribution in [3.05, 3.63) is 36.9 Å². The number of hydrogen-bond acceptors (Lipinski definition) is 3. The van der Waals surface area contributed by atoms with Crippen LogP contribution < -0.4 is 11.1 Å². The largest absolute Gasteiger partial charge is 0.398 e. The molecule has 7 heteroatoms. The van der Waals surface area contributed by atoms with Gasteiger partial charge in [-0.15, -0.1) is 18.3 Å². The first-order chi connectivity index (χ1) is 9.33. The van der Waals surface area contributed by atoms with Crippen molar-refractivity contribution in [2.75, 3.05) is 11.1 Å². The molecule has 0 saturated heterocycles. The summed E-state index contributed by atoms with van der Waals surface area (Å²) in [5, 5.41) is 2.53. The monoisotopic (exact) mass is 304 g/mol. The maximum Gasteiger partial charge on any atom is 0.398 e. The highest BCUT2D eigenvalue weighted by Crippen LogP contribution is 2.32. The van der Waals surface area contributed by atoms with Crippen molar-refractivity contribution in [1.29, 1.82) is 0 Å². The van der Waals surface area contributed by atoms with Crippen molar-refractivity contribution in [3.63, 3.8) is 0 Å². The SMILES string of the molecule is C=CCC(N)C(=O)Nc1ccccc1SCC(F)(F)F. The summed E-state index contributed by atoms with van der Waals surface area (Å²) in [6.07, 6.45) is -2.46. The number of amides is 1. The van der Waals surface area contributed by atoms with Gasteiger partial charge in [-0.2, -0.15) is 13.2 Å². The summed E-state index contributed by atoms with van der Waals surface area (Å²) in [5.41, 5.74) is 5.92. The third-order valence-corrected chi connectivity index (χ3v) is 3.43. The quantitative estimate of drug-likeness (QED) is 0.627. The van der Waals surface area contributed by atoms with E-state index < -0.39 is 23.9 Å². The molecular weight excluding hydrogens is 289 g/mol. The number of thioether (sulfide) groups is 1. The summed E-state index contributed by atoms with van der Waals surface area (Å²) < 4.78 is 36.7. The van der Waals surface area contributed by atoms with Crippen molar-refractivity contribution in [1.82, 2.24) is 0 Å². The van der Waals surface area contributed by atoms with Crippen molar-refractivity contribution >= 4 is 23.4 Å². The number of hydrogen-bond donors (Lipinski definition) is 2. The van der Waals surface area contributed by atoms with E-state index in [1.165, 1.54) is 18.2 Å². The Labute approximate surface area is 119 Å². The average molecular weight is 304 g/mol. The topological polar surface area (TPSA) is 55.1 Å². The zero-order valence-electron chi connectivity index (χ0n) is 10.6. The first-order valence-corrected chi connectivity index (χ1v) is 6.78. The molecule has 0 aromatic heterocycles. The predicted octanol–water partition coefficient (Wildman–Crippen LogP) is 3.18. The van der Waals surface area contributed by atoms with E-state index in [4.69, 9.17) is 5.73 Å². The van der Waals surface area contributed by atoms with Crippen LogP contribution in [0.4, 0.5) is 18.9 Å². The van der Waals surface area contributed by atoms with Crippen LogP contribution in [0.15, 0.2) is 41.8 Å². The van der Waals surface area contributed by atoms with Gasteiger partial charge >= 0.3 is 6.18 Å². The number of anilines is 1. The highest BCUT2D eigenvalue weighted by atomic mass is 32.2. The number of halogens is 3. The molecule has 1 atom stereocenters. The van der Waals surface area contributed by atoms with E-state index in [0.717, 1.165) is 0 Å². The fourth-order valence-electron chi connectivity index (χ4n) is 1.37. The van der Waals surface area contributed by atoms with E-state index in [1.54, 1.807) is 12.1 Å². The first kappa shape index (κ1) is 16.6. The van der Waals surface area contributed by atoms with Crippen molar-refractivity contribution < 1.29 is 18.0 Å². The summed E-state index contributed by atoms with van der Waals surface area (Å²) in [6.45, 7) is 3.48. The summed E-state index contributed by atoms with van der Waals surface area (Å²) in [4.78, 5) is 12.1. The van der Waals surface area contributed by atoms with Gasteiger partial charge in [-0.3, -0.25) is 4.79 Å². The van der Waals surface area contributed by atoms with E-state index in [2.05, 4.69) is 11.9 Å². The molecule has 0 radical (unpaired) electrons. The molecule has 0 bridgehead atoms. The lowest BCUT2D eigenvalue weighted by Crippen LogP contribution is -2.35. The molecular formula is C13H15F3N2OS. The number of carbonyl (C=O) groups is 1. The average Bonchev–Trinajstić information content (AvgIpc) is 2.37. The Hall–Kier alpha value is -1.47. The highest BCUT2D eigenvalue weighted by molar-refractivity contribution is 7.99. The van der Waals surface area contributed by atoms with Gasteiger partial charge in [-0.05, 0) is 18.6 Å². The minimum Gasteiger partial charge on any atom is -0.324 e. The van der Waals surface area contributed by atoms with Crippen LogP contribution >= 0.6 is 11.8 Å². The smallest absolute Gasteiger partial charge is 0.324 e. The van der Waals surface area contributed by atoms with Crippen LogP contribution in [0.5, 0.6) is 0 Å². The lowest BCUT2D eigenvalue weighted by molar-refractivity contribution is -0.117. The molecule has 0 fully saturated rings. The number of rotatable bonds is 6. The van der Waals surface area contributed by atoms with Crippen LogP contribution in [-0.4, -0.2) is 23.9 Å². The van der Waals surface area contributed by atoms with Crippen molar-refractivity contribution in [3.8, 4) is 0 Å². The van der Waals surface area contributed by atoms with E-state index in [-0.39, 0.29) is 0 Å². The lowest BCUT2D eigenvalue weighted by Gasteiger charge is -2.14. The number of nitrogens with one attached hydrogen (secondary N) is 1. The molecule has 0 aliphatic rings. The Balaban J connectivity index is 2.75. The van der Waals surface area contributed by atoms with Gasteiger partial charge in [-0.1, -0.05) is 18.2 Å². The van der Waals surface area contributed by atoms with Gasteiger partial charge in [0.05, 0.1) is 17.5 Å². The lowest BCUT2D eigenvalue weighted by atomic mass is 10.2. The number of nitrogens with two attached hydrogens (primary N) is 1. The fourth-order valence-corrected chi connectivity index (χ4v) is 2.14. The van der Waals surface area contributed by atoms with Gasteiger partial charge in [-0.25, -0.2) is 0 Å². The number of alkyl halides is 3. The molecule has 0 aliphatic carbocycles. The molecule has 3 N–H and O–H groups in total. The standard InChI is InChI=1S/C13H15F3N2OS/c1-2-5-9(17)12(19)18-10-6-3-4-7-11(10)20-8-13(14,15)16/h2-4,6-7,9H,1,5,8,17H2,(H,18,19). The Kier molecular flexibility index (Phi) is 6.09. The second-order valence-corrected chi connectivity index (χ2v) is 5.04. The Morgan fingerprint density at radius 2 is 2.10 bits per heavy atom. The Bertz CT molecular complexity index is 477. The molecule has 1 aromatic carbocycles. The van der Waals surface area contributed by atoms with Gasteiger partial charge in [0, 0.05) is 4.90 Å². The van der Waals surface area contributed by atoms with Gasteiger partial charge in [0.2, 0.25) is 5.91 Å². The number of carbonyl (C=O) groups excluding carboxylic acids is 1. The number of benzene rings is 1. The summed E-state index contributed by atoms with van der Waals surface area (Å²) >= 11 is 0.620. The molecule has 1 rings (SSSR count). The third kappa shape index (κ3) is 5.66. The van der Waals surface area contributed by atoms with Crippen LogP contribution in [0, 0.1) is 0 Å². The van der Waals surface area contributed by atoms with Crippen LogP contribution in [0.1, 0.15) is 6.42 Å². The molecule has 0 aliphatic heterocycles. The van der Waals surface area contributed by atoms with Gasteiger partial charge < -0.3 is 11.1 Å². The van der Waals surface area contributed by atoms with Gasteiger partial charge in [0.15, 0.2) is 0 Å². The molecule has 0 saturated carbocycles. The van der Waals surface area contributed by atoms with E-state index >= 15 is 0 Å². The zero-order chi connectivity index (χ0) is 15.2. The van der Waals surface area contributed by atoms with E-state index in [1.807, 2.05) is 0 Å². The minimum atomic E-state index is -4.26. The molecule has 3 nitrogen and oxygen atoms in total. The molecule has 1 amide bonds. The van der Waals surface area contributed by atoms with E-state index in [0.29, 0.717) is 28.8 Å². The second-order valence-electron chi connectivity index (χ2n) is 4.02. The molecule has 1 aromatic rings. The maximum absolute atomic E-state index is 12.2. The van der Waals surface area contributed by atoms with Gasteiger partial charge in [0.1, 0.15) is 0 Å². The zero-order valence-corrected chi connectivity index (χ0v) is 11.4. The summed E-state index contributed by atoms with van der Waals surface area (Å²) in [6, 6.07) is 5.53. The fraction of sp³-hybridized carbons (Fsp3) is 0.308. The van der Waals surface area contributed by atoms with Crippen LogP contribution in [0.3, 0.4) is 0 Å². The Morgan fingerprint density at radius 3 is 2.70 bits per heavy atom. The highest BCUT2D eigenvalue weighted by Gasteiger charge is 2.27. The maximum atomic E-state index is 12.2. The molecule has 1 unspecified atom stereocenters. The molecule has 110 valence electrons. The Morgan fingerprint density at radius 1 is 1.45 bits per heavy atom. The predicted molar refractivity (Wildman–Crippen MR) is 74.6 cm³/mol. The normalized spacial score (nSPS) is 12.8. The second kappa shape index (κ2) is 7.35. The summed E-state index contributed by atoms with van der Waals surface area (Å²) in [5.74, 6) is -1.47.